The zero-order valence-electron chi connectivity index (χ0n) is 8.03. The van der Waals surface area contributed by atoms with Crippen molar-refractivity contribution in [1.82, 2.24) is 4.90 Å². The summed E-state index contributed by atoms with van der Waals surface area (Å²) in [6.45, 7) is 3.79. The largest absolute Gasteiger partial charge is 0.299 e. The van der Waals surface area contributed by atoms with Gasteiger partial charge in [-0.1, -0.05) is 30.3 Å². The maximum absolute atomic E-state index is 11.7. The molecule has 1 radical (unpaired) electrons. The van der Waals surface area contributed by atoms with Crippen molar-refractivity contribution in [2.24, 2.45) is 0 Å². The number of hydrogen-bond donors (Lipinski definition) is 0. The Kier molecular flexibility index (Phi) is 3.20. The van der Waals surface area contributed by atoms with Crippen LogP contribution in [0.1, 0.15) is 10.4 Å². The third-order valence-electron chi connectivity index (χ3n) is 1.98. The van der Waals surface area contributed by atoms with E-state index in [1.54, 1.807) is 4.90 Å². The van der Waals surface area contributed by atoms with E-state index in [-0.39, 0.29) is 11.8 Å². The van der Waals surface area contributed by atoms with E-state index >= 15 is 0 Å². The number of hydrogen-bond acceptors (Lipinski definition) is 2. The van der Waals surface area contributed by atoms with Gasteiger partial charge in [0, 0.05) is 5.56 Å². The van der Waals surface area contributed by atoms with E-state index in [9.17, 15) is 4.79 Å². The lowest BCUT2D eigenvalue weighted by atomic mass is 10.1. The molecule has 0 fully saturated rings. The van der Waals surface area contributed by atoms with Gasteiger partial charge in [-0.15, -0.1) is 0 Å². The van der Waals surface area contributed by atoms with E-state index in [1.807, 2.05) is 44.4 Å². The van der Waals surface area contributed by atoms with Gasteiger partial charge in [-0.2, -0.15) is 0 Å². The van der Waals surface area contributed by atoms with Crippen LogP contribution in [0, 0.1) is 6.92 Å². The van der Waals surface area contributed by atoms with Gasteiger partial charge in [0.25, 0.3) is 0 Å². The van der Waals surface area contributed by atoms with Gasteiger partial charge in [0.15, 0.2) is 5.78 Å². The number of nitrogens with zero attached hydrogens (tertiary/aromatic N) is 1. The molecule has 0 saturated carbocycles. The van der Waals surface area contributed by atoms with Crippen LogP contribution in [0.25, 0.3) is 0 Å². The van der Waals surface area contributed by atoms with Gasteiger partial charge in [0.2, 0.25) is 0 Å². The zero-order valence-corrected chi connectivity index (χ0v) is 8.03. The first-order chi connectivity index (χ1) is 6.13. The maximum Gasteiger partial charge on any atom is 0.179 e. The Balaban J connectivity index is 2.80. The van der Waals surface area contributed by atoms with Crippen molar-refractivity contribution in [2.45, 2.75) is 6.04 Å². The number of benzene rings is 1. The molecule has 0 saturated heterocycles. The summed E-state index contributed by atoms with van der Waals surface area (Å²) < 4.78 is 0. The smallest absolute Gasteiger partial charge is 0.179 e. The number of carbonyl (C=O) groups is 1. The Morgan fingerprint density at radius 1 is 1.31 bits per heavy atom. The number of Topliss-reactive ketones (excluding diaryl/α,β-unsaturated/α-hetero) is 1. The highest BCUT2D eigenvalue weighted by Crippen LogP contribution is 2.05. The summed E-state index contributed by atoms with van der Waals surface area (Å²) in [5.74, 6) is 0.0607. The van der Waals surface area contributed by atoms with Crippen molar-refractivity contribution in [3.8, 4) is 0 Å². The molecule has 1 aromatic carbocycles. The molecular formula is C11H14NO. The SMILES string of the molecule is [CH2]C(C(=O)c1ccccc1)N(C)C. The van der Waals surface area contributed by atoms with Crippen LogP contribution in [-0.2, 0) is 0 Å². The van der Waals surface area contributed by atoms with E-state index in [2.05, 4.69) is 6.92 Å². The second-order valence-electron chi connectivity index (χ2n) is 3.21. The normalized spacial score (nSPS) is 12.9. The molecular weight excluding hydrogens is 162 g/mol. The van der Waals surface area contributed by atoms with E-state index in [1.165, 1.54) is 0 Å². The molecule has 0 aliphatic carbocycles. The molecule has 1 aromatic rings. The van der Waals surface area contributed by atoms with Gasteiger partial charge < -0.3 is 0 Å². The Morgan fingerprint density at radius 2 is 1.85 bits per heavy atom. The van der Waals surface area contributed by atoms with Crippen LogP contribution in [0.2, 0.25) is 0 Å². The summed E-state index contributed by atoms with van der Waals surface area (Å²) in [6, 6.07) is 8.92. The van der Waals surface area contributed by atoms with Crippen LogP contribution in [-0.4, -0.2) is 30.8 Å². The summed E-state index contributed by atoms with van der Waals surface area (Å²) in [5.41, 5.74) is 0.719. The Morgan fingerprint density at radius 3 is 2.31 bits per heavy atom. The minimum absolute atomic E-state index is 0.0607. The highest BCUT2D eigenvalue weighted by molar-refractivity contribution is 6.00. The van der Waals surface area contributed by atoms with Crippen LogP contribution < -0.4 is 0 Å². The van der Waals surface area contributed by atoms with Gasteiger partial charge in [-0.05, 0) is 21.0 Å². The molecule has 2 heteroatoms. The average molecular weight is 176 g/mol. The molecule has 0 aliphatic rings. The Hall–Kier alpha value is -1.15. The summed E-state index contributed by atoms with van der Waals surface area (Å²) in [6.07, 6.45) is 0. The second kappa shape index (κ2) is 4.19. The average Bonchev–Trinajstić information content (AvgIpc) is 2.17. The summed E-state index contributed by atoms with van der Waals surface area (Å²) in [7, 11) is 3.69. The number of carbonyl (C=O) groups excluding carboxylic acids is 1. The first kappa shape index (κ1) is 9.93. The minimum Gasteiger partial charge on any atom is -0.299 e. The number of likely N-dealkylation sites (N-methyl/N-ethyl adjacent to an activating group) is 1. The van der Waals surface area contributed by atoms with Gasteiger partial charge in [-0.3, -0.25) is 9.69 Å². The molecule has 13 heavy (non-hydrogen) atoms. The van der Waals surface area contributed by atoms with Gasteiger partial charge >= 0.3 is 0 Å². The van der Waals surface area contributed by atoms with E-state index < -0.39 is 0 Å². The number of rotatable bonds is 3. The lowest BCUT2D eigenvalue weighted by Gasteiger charge is -2.17. The summed E-state index contributed by atoms with van der Waals surface area (Å²) >= 11 is 0. The quantitative estimate of drug-likeness (QED) is 0.652. The van der Waals surface area contributed by atoms with E-state index in [4.69, 9.17) is 0 Å². The highest BCUT2D eigenvalue weighted by atomic mass is 16.1. The van der Waals surface area contributed by atoms with E-state index in [0.29, 0.717) is 0 Å². The molecule has 69 valence electrons. The predicted molar refractivity (Wildman–Crippen MR) is 53.6 cm³/mol. The summed E-state index contributed by atoms with van der Waals surface area (Å²) in [4.78, 5) is 13.5. The maximum atomic E-state index is 11.7. The third-order valence-corrected chi connectivity index (χ3v) is 1.98. The molecule has 1 unspecified atom stereocenters. The summed E-state index contributed by atoms with van der Waals surface area (Å²) in [5, 5.41) is 0. The van der Waals surface area contributed by atoms with Crippen molar-refractivity contribution >= 4 is 5.78 Å². The van der Waals surface area contributed by atoms with Crippen molar-refractivity contribution in [3.63, 3.8) is 0 Å². The first-order valence-corrected chi connectivity index (χ1v) is 4.21. The monoisotopic (exact) mass is 176 g/mol. The van der Waals surface area contributed by atoms with Crippen LogP contribution in [0.4, 0.5) is 0 Å². The molecule has 0 spiro atoms. The Labute approximate surface area is 79.2 Å². The van der Waals surface area contributed by atoms with Crippen molar-refractivity contribution < 1.29 is 4.79 Å². The molecule has 0 bridgehead atoms. The van der Waals surface area contributed by atoms with Crippen molar-refractivity contribution in [1.29, 1.82) is 0 Å². The molecule has 0 aliphatic heterocycles. The van der Waals surface area contributed by atoms with Crippen molar-refractivity contribution in [2.75, 3.05) is 14.1 Å². The fourth-order valence-corrected chi connectivity index (χ4v) is 1.03. The van der Waals surface area contributed by atoms with Gasteiger partial charge in [0.05, 0.1) is 6.04 Å². The molecule has 1 atom stereocenters. The second-order valence-corrected chi connectivity index (χ2v) is 3.21. The predicted octanol–water partition coefficient (Wildman–Crippen LogP) is 1.63. The van der Waals surface area contributed by atoms with Crippen LogP contribution >= 0.6 is 0 Å². The molecule has 2 nitrogen and oxygen atoms in total. The first-order valence-electron chi connectivity index (χ1n) is 4.21. The standard InChI is InChI=1S/C11H14NO/c1-9(12(2)3)11(13)10-7-5-4-6-8-10/h4-9H,1H2,2-3H3. The van der Waals surface area contributed by atoms with Gasteiger partial charge in [-0.25, -0.2) is 0 Å². The lowest BCUT2D eigenvalue weighted by molar-refractivity contribution is 0.0910. The minimum atomic E-state index is -0.303. The van der Waals surface area contributed by atoms with Crippen LogP contribution in [0.15, 0.2) is 30.3 Å². The topological polar surface area (TPSA) is 20.3 Å². The highest BCUT2D eigenvalue weighted by Gasteiger charge is 2.15. The number of ketones is 1. The molecule has 0 aromatic heterocycles. The Bertz CT molecular complexity index is 279. The zero-order chi connectivity index (χ0) is 9.84. The van der Waals surface area contributed by atoms with Gasteiger partial charge in [0.1, 0.15) is 0 Å². The fraction of sp³-hybridized carbons (Fsp3) is 0.273. The molecule has 0 heterocycles. The fourth-order valence-electron chi connectivity index (χ4n) is 1.03. The molecule has 0 amide bonds. The third kappa shape index (κ3) is 2.39. The van der Waals surface area contributed by atoms with Crippen LogP contribution in [0.3, 0.4) is 0 Å². The lowest BCUT2D eigenvalue weighted by Crippen LogP contribution is -2.33. The van der Waals surface area contributed by atoms with Crippen LogP contribution in [0.5, 0.6) is 0 Å². The molecule has 0 N–H and O–H groups in total. The van der Waals surface area contributed by atoms with E-state index in [0.717, 1.165) is 5.56 Å². The molecule has 1 rings (SSSR count). The van der Waals surface area contributed by atoms with Crippen molar-refractivity contribution in [3.05, 3.63) is 42.8 Å².